The first-order chi connectivity index (χ1) is 49.4. The highest BCUT2D eigenvalue weighted by molar-refractivity contribution is 6.31. The van der Waals surface area contributed by atoms with E-state index in [1.165, 1.54) is 16.9 Å². The smallest absolute Gasteiger partial charge is 0.433 e. The SMILES string of the molecule is COC[C@@H]1NC(=O)[C@H](CCCNCC2CCC(OC[C@H]3OC[C@H](Nc4nccc(C(F)(F)F)n4)[C@@H](O)[C@H]3O)C2)N(Cc2ccc(Cl)cc2Oc2ccc(-c3cnc(CN(C)C)n3C)cc2)C(=O)C[C@@H](Cc2ccccc2)C(=O)N(C)[C@H]2CCCC[C@@H]2NC(=O)C[C@H](Cc2ccc(Cl)cc2)N(C)C1=O. The number of imidazole rings is 1. The Bertz CT molecular complexity index is 3810. The van der Waals surface area contributed by atoms with Crippen LogP contribution in [0.1, 0.15) is 98.8 Å². The highest BCUT2D eigenvalue weighted by atomic mass is 35.5. The fourth-order valence-electron chi connectivity index (χ4n) is 14.4. The lowest BCUT2D eigenvalue weighted by Gasteiger charge is -2.40. The average molecular weight is 1470 g/mol. The van der Waals surface area contributed by atoms with Crippen molar-refractivity contribution < 1.29 is 66.3 Å². The lowest BCUT2D eigenvalue weighted by molar-refractivity contribution is -0.165. The van der Waals surface area contributed by atoms with Gasteiger partial charge in [-0.3, -0.25) is 24.0 Å². The molecule has 2 unspecified atom stereocenters. The molecule has 103 heavy (non-hydrogen) atoms. The number of amides is 5. The number of nitrogens with zero attached hydrogens (tertiary/aromatic N) is 8. The molecular formula is C75H95Cl2F3N12O11. The van der Waals surface area contributed by atoms with Crippen LogP contribution in [-0.4, -0.2) is 208 Å². The van der Waals surface area contributed by atoms with Gasteiger partial charge in [-0.1, -0.05) is 84.6 Å². The zero-order chi connectivity index (χ0) is 73.5. The summed E-state index contributed by atoms with van der Waals surface area (Å²) in [4.78, 5) is 96.0. The number of benzene rings is 4. The summed E-state index contributed by atoms with van der Waals surface area (Å²) in [5.41, 5.74) is 2.75. The second-order valence-electron chi connectivity index (χ2n) is 27.8. The van der Waals surface area contributed by atoms with E-state index in [0.29, 0.717) is 78.8 Å². The van der Waals surface area contributed by atoms with E-state index >= 15 is 19.2 Å². The molecule has 2 saturated heterocycles. The van der Waals surface area contributed by atoms with E-state index in [1.54, 1.807) is 49.3 Å². The summed E-state index contributed by atoms with van der Waals surface area (Å²) in [5, 5.41) is 35.4. The van der Waals surface area contributed by atoms with Crippen molar-refractivity contribution in [1.82, 2.24) is 55.1 Å². The van der Waals surface area contributed by atoms with Gasteiger partial charge in [0.1, 0.15) is 53.4 Å². The number of nitrogens with one attached hydrogen (secondary N) is 4. The Morgan fingerprint density at radius 2 is 1.53 bits per heavy atom. The van der Waals surface area contributed by atoms with Gasteiger partial charge in [-0.25, -0.2) is 15.0 Å². The van der Waals surface area contributed by atoms with Crippen LogP contribution < -0.4 is 26.0 Å². The molecule has 2 aliphatic heterocycles. The fraction of sp³-hybridized carbons (Fsp3) is 0.520. The minimum absolute atomic E-state index is 0.0521. The second kappa shape index (κ2) is 36.3. The summed E-state index contributed by atoms with van der Waals surface area (Å²) in [6, 6.07) is 24.7. The van der Waals surface area contributed by atoms with Gasteiger partial charge in [0.15, 0.2) is 0 Å². The largest absolute Gasteiger partial charge is 0.457 e. The van der Waals surface area contributed by atoms with Crippen LogP contribution in [-0.2, 0) is 77.3 Å². The number of aliphatic hydroxyl groups excluding tert-OH is 2. The predicted molar refractivity (Wildman–Crippen MR) is 383 cm³/mol. The number of hydrogen-bond donors (Lipinski definition) is 6. The van der Waals surface area contributed by atoms with Crippen LogP contribution in [0.2, 0.25) is 10.0 Å². The van der Waals surface area contributed by atoms with Crippen molar-refractivity contribution in [3.05, 3.63) is 154 Å². The molecule has 556 valence electrons. The molecular weight excluding hydrogens is 1370 g/mol. The standard InChI is InChI=1S/C75H95Cl2F3N12O11/c1-88(2)42-66-83-40-62(90(66)4)49-22-28-55(29-23-49)103-63-37-53(77)26-21-50(63)41-92-61(17-12-31-81-39-48-20-27-56(35-48)101-45-64-70(96)69(95)58(44-102-64)86-74-82-32-30-65(87-74)75(78,79)80)71(97)85-59(43-100-6)73(99)89(3)54(34-47-18-24-52(76)25-19-47)38-67(93)84-57-15-10-11-16-60(57)91(5)72(98)51(36-68(92)94)33-46-13-8-7-9-14-46/h7-9,13-14,18-19,21-26,28-30,32,37,40,48,51,54,56-61,64,69-70,81,95-96H,10-12,15-17,20,27,31,33-36,38-39,41-45H2,1-6H3,(H,84,93)(H,85,97)(H,82,86,87)/t48?,51-,54+,56?,57+,58+,59+,60+,61+,64-,69-,70+/m1/s1. The Morgan fingerprint density at radius 3 is 2.27 bits per heavy atom. The molecule has 4 aromatic carbocycles. The van der Waals surface area contributed by atoms with Crippen LogP contribution in [0.25, 0.3) is 11.3 Å². The number of hydrogen-bond acceptors (Lipinski definition) is 17. The van der Waals surface area contributed by atoms with Gasteiger partial charge in [0.2, 0.25) is 35.5 Å². The summed E-state index contributed by atoms with van der Waals surface area (Å²) in [5.74, 6) is -1.85. The van der Waals surface area contributed by atoms with Gasteiger partial charge in [-0.15, -0.1) is 0 Å². The Balaban J connectivity index is 0.927. The highest BCUT2D eigenvalue weighted by Crippen LogP contribution is 2.36. The van der Waals surface area contributed by atoms with Crippen molar-refractivity contribution in [3.63, 3.8) is 0 Å². The third-order valence-electron chi connectivity index (χ3n) is 20.1. The quantitative estimate of drug-likeness (QED) is 0.0310. The van der Waals surface area contributed by atoms with E-state index in [2.05, 4.69) is 36.2 Å². The maximum absolute atomic E-state index is 16.1. The number of aliphatic hydroxyl groups is 2. The molecule has 2 aliphatic carbocycles. The van der Waals surface area contributed by atoms with E-state index in [4.69, 9.17) is 42.1 Å². The topological polar surface area (TPSA) is 267 Å². The first-order valence-corrected chi connectivity index (χ1v) is 36.0. The van der Waals surface area contributed by atoms with E-state index in [1.807, 2.05) is 104 Å². The third kappa shape index (κ3) is 21.0. The maximum atomic E-state index is 16.1. The number of anilines is 1. The number of carbonyl (C=O) groups is 5. The van der Waals surface area contributed by atoms with Gasteiger partial charge in [-0.05, 0) is 157 Å². The Hall–Kier alpha value is -7.79. The lowest BCUT2D eigenvalue weighted by atomic mass is 9.87. The zero-order valence-corrected chi connectivity index (χ0v) is 60.6. The minimum Gasteiger partial charge on any atom is -0.457 e. The summed E-state index contributed by atoms with van der Waals surface area (Å²) in [7, 11) is 10.7. The van der Waals surface area contributed by atoms with E-state index < -0.39 is 90.1 Å². The monoisotopic (exact) mass is 1470 g/mol. The van der Waals surface area contributed by atoms with Gasteiger partial charge in [0.05, 0.1) is 68.9 Å². The van der Waals surface area contributed by atoms with Crippen LogP contribution in [0.15, 0.2) is 116 Å². The average Bonchev–Trinajstić information content (AvgIpc) is 1.69. The maximum Gasteiger partial charge on any atom is 0.433 e. The Kier molecular flexibility index (Phi) is 27.4. The first-order valence-electron chi connectivity index (χ1n) is 35.3. The highest BCUT2D eigenvalue weighted by Gasteiger charge is 2.43. The molecule has 4 aliphatic rings. The van der Waals surface area contributed by atoms with E-state index in [0.717, 1.165) is 59.7 Å². The summed E-state index contributed by atoms with van der Waals surface area (Å²) < 4.78 is 66.6. The zero-order valence-electron chi connectivity index (χ0n) is 59.1. The minimum atomic E-state index is -4.71. The molecule has 5 amide bonds. The number of likely N-dealkylation sites (N-methyl/N-ethyl adjacent to an activating group) is 2. The molecule has 28 heteroatoms. The van der Waals surface area contributed by atoms with Crippen LogP contribution in [0.4, 0.5) is 19.1 Å². The summed E-state index contributed by atoms with van der Waals surface area (Å²) >= 11 is 13.1. The molecule has 12 atom stereocenters. The van der Waals surface area contributed by atoms with Crippen LogP contribution in [0.3, 0.4) is 0 Å². The van der Waals surface area contributed by atoms with Crippen LogP contribution in [0.5, 0.6) is 11.5 Å². The molecule has 0 bridgehead atoms. The van der Waals surface area contributed by atoms with E-state index in [9.17, 15) is 28.2 Å². The van der Waals surface area contributed by atoms with E-state index in [-0.39, 0.29) is 88.3 Å². The van der Waals surface area contributed by atoms with Crippen molar-refractivity contribution in [2.75, 3.05) is 73.5 Å². The number of aromatic nitrogens is 4. The van der Waals surface area contributed by atoms with Crippen molar-refractivity contribution in [2.24, 2.45) is 18.9 Å². The molecule has 4 fully saturated rings. The summed E-state index contributed by atoms with van der Waals surface area (Å²) in [6.45, 7) is 0.895. The lowest BCUT2D eigenvalue weighted by Crippen LogP contribution is -2.59. The van der Waals surface area contributed by atoms with Gasteiger partial charge in [0.25, 0.3) is 0 Å². The number of carbonyl (C=O) groups excluding carboxylic acids is 5. The van der Waals surface area contributed by atoms with Gasteiger partial charge < -0.3 is 74.6 Å². The number of methoxy groups -OCH3 is 1. The van der Waals surface area contributed by atoms with Crippen molar-refractivity contribution >= 4 is 58.7 Å². The Morgan fingerprint density at radius 1 is 0.796 bits per heavy atom. The van der Waals surface area contributed by atoms with Crippen molar-refractivity contribution in [1.29, 1.82) is 0 Å². The number of fused-ring (bicyclic) bond motifs is 1. The van der Waals surface area contributed by atoms with Crippen molar-refractivity contribution in [2.45, 2.75) is 163 Å². The molecule has 10 rings (SSSR count). The molecule has 2 saturated carbocycles. The number of alkyl halides is 3. The number of halogens is 5. The van der Waals surface area contributed by atoms with Gasteiger partial charge in [0, 0.05) is 80.5 Å². The van der Waals surface area contributed by atoms with Crippen molar-refractivity contribution in [3.8, 4) is 22.8 Å². The second-order valence-corrected chi connectivity index (χ2v) is 28.7. The molecule has 6 N–H and O–H groups in total. The predicted octanol–water partition coefficient (Wildman–Crippen LogP) is 8.65. The molecule has 0 spiro atoms. The number of rotatable bonds is 24. The Labute approximate surface area is 609 Å². The normalized spacial score (nSPS) is 25.1. The number of ether oxygens (including phenoxy) is 4. The first kappa shape index (κ1) is 77.8. The molecule has 0 radical (unpaired) electrons. The van der Waals surface area contributed by atoms with Crippen LogP contribution in [0, 0.1) is 11.8 Å². The van der Waals surface area contributed by atoms with Crippen LogP contribution >= 0.6 is 23.2 Å². The molecule has 2 aromatic heterocycles. The van der Waals surface area contributed by atoms with Gasteiger partial charge in [-0.2, -0.15) is 13.2 Å². The summed E-state index contributed by atoms with van der Waals surface area (Å²) in [6.07, 6.45) is -0.633. The molecule has 6 aromatic rings. The third-order valence-corrected chi connectivity index (χ3v) is 20.6. The fourth-order valence-corrected chi connectivity index (χ4v) is 14.6. The molecule has 23 nitrogen and oxygen atoms in total. The molecule has 4 heterocycles. The van der Waals surface area contributed by atoms with Gasteiger partial charge >= 0.3 is 6.18 Å².